The van der Waals surface area contributed by atoms with Crippen molar-refractivity contribution >= 4 is 37.7 Å². The lowest BCUT2D eigenvalue weighted by molar-refractivity contribution is 0.485. The number of nitriles is 1. The number of hydrogen-bond acceptors (Lipinski definition) is 4. The van der Waals surface area contributed by atoms with Crippen molar-refractivity contribution in [2.45, 2.75) is 18.7 Å². The van der Waals surface area contributed by atoms with Gasteiger partial charge in [0, 0.05) is 10.0 Å². The van der Waals surface area contributed by atoms with Crippen molar-refractivity contribution < 1.29 is 12.6 Å². The van der Waals surface area contributed by atoms with Gasteiger partial charge in [-0.05, 0) is 55.8 Å². The number of rotatable bonds is 5. The van der Waals surface area contributed by atoms with Gasteiger partial charge in [-0.15, -0.1) is 0 Å². The van der Waals surface area contributed by atoms with Gasteiger partial charge in [0.2, 0.25) is 0 Å². The first kappa shape index (κ1) is 20.8. The number of aryl methyl sites for hydroxylation is 2. The normalized spacial score (nSPS) is 11.7. The first-order chi connectivity index (χ1) is 13.8. The van der Waals surface area contributed by atoms with Crippen LogP contribution in [0.15, 0.2) is 76.1 Å². The zero-order chi connectivity index (χ0) is 21.0. The van der Waals surface area contributed by atoms with Crippen LogP contribution in [0.2, 0.25) is 0 Å². The summed E-state index contributed by atoms with van der Waals surface area (Å²) in [5.74, 6) is 0.147. The van der Waals surface area contributed by atoms with E-state index in [0.717, 1.165) is 21.2 Å². The van der Waals surface area contributed by atoms with Gasteiger partial charge < -0.3 is 4.18 Å². The van der Waals surface area contributed by atoms with Crippen molar-refractivity contribution in [3.63, 3.8) is 0 Å². The molecule has 0 radical (unpaired) electrons. The molecule has 6 heteroatoms. The monoisotopic (exact) mass is 467 g/mol. The van der Waals surface area contributed by atoms with Crippen LogP contribution in [-0.2, 0) is 10.1 Å². The van der Waals surface area contributed by atoms with E-state index in [0.29, 0.717) is 11.1 Å². The fourth-order valence-corrected chi connectivity index (χ4v) is 3.98. The second-order valence-electron chi connectivity index (χ2n) is 6.57. The van der Waals surface area contributed by atoms with E-state index in [1.165, 1.54) is 12.1 Å². The molecule has 4 nitrogen and oxygen atoms in total. The molecular formula is C23H18BrNO3S. The Hall–Kier alpha value is -2.88. The first-order valence-electron chi connectivity index (χ1n) is 8.78. The zero-order valence-corrected chi connectivity index (χ0v) is 18.3. The average molecular weight is 468 g/mol. The van der Waals surface area contributed by atoms with Crippen molar-refractivity contribution in [3.8, 4) is 11.8 Å². The van der Waals surface area contributed by atoms with Crippen molar-refractivity contribution in [1.29, 1.82) is 5.26 Å². The van der Waals surface area contributed by atoms with Crippen LogP contribution in [0, 0.1) is 25.2 Å². The van der Waals surface area contributed by atoms with E-state index >= 15 is 0 Å². The maximum atomic E-state index is 12.7. The average Bonchev–Trinajstić information content (AvgIpc) is 2.69. The van der Waals surface area contributed by atoms with E-state index < -0.39 is 10.1 Å². The Kier molecular flexibility index (Phi) is 6.21. The highest BCUT2D eigenvalue weighted by atomic mass is 79.9. The Morgan fingerprint density at radius 3 is 2.14 bits per heavy atom. The lowest BCUT2D eigenvalue weighted by Crippen LogP contribution is -2.10. The lowest BCUT2D eigenvalue weighted by atomic mass is 10.0. The zero-order valence-electron chi connectivity index (χ0n) is 15.9. The van der Waals surface area contributed by atoms with E-state index in [2.05, 4.69) is 22.0 Å². The Morgan fingerprint density at radius 2 is 1.55 bits per heavy atom. The van der Waals surface area contributed by atoms with Gasteiger partial charge in [-0.3, -0.25) is 0 Å². The summed E-state index contributed by atoms with van der Waals surface area (Å²) in [7, 11) is -4.01. The summed E-state index contributed by atoms with van der Waals surface area (Å²) in [4.78, 5) is 0.0694. The van der Waals surface area contributed by atoms with Gasteiger partial charge >= 0.3 is 10.1 Å². The smallest absolute Gasteiger partial charge is 0.339 e. The summed E-state index contributed by atoms with van der Waals surface area (Å²) in [6.45, 7) is 3.85. The van der Waals surface area contributed by atoms with E-state index in [9.17, 15) is 13.7 Å². The fraction of sp³-hybridized carbons (Fsp3) is 0.0870. The molecule has 0 amide bonds. The minimum Gasteiger partial charge on any atom is -0.378 e. The molecule has 0 N–H and O–H groups in total. The lowest BCUT2D eigenvalue weighted by Gasteiger charge is -2.11. The third kappa shape index (κ3) is 5.14. The Morgan fingerprint density at radius 1 is 0.966 bits per heavy atom. The minimum atomic E-state index is -4.01. The van der Waals surface area contributed by atoms with Crippen LogP contribution >= 0.6 is 15.9 Å². The first-order valence-corrected chi connectivity index (χ1v) is 11.0. The van der Waals surface area contributed by atoms with Crippen molar-refractivity contribution in [2.75, 3.05) is 0 Å². The molecule has 0 aromatic heterocycles. The molecule has 0 heterocycles. The van der Waals surface area contributed by atoms with Crippen LogP contribution in [0.25, 0.3) is 11.6 Å². The van der Waals surface area contributed by atoms with Gasteiger partial charge in [-0.1, -0.05) is 63.5 Å². The molecule has 29 heavy (non-hydrogen) atoms. The minimum absolute atomic E-state index is 0.0694. The van der Waals surface area contributed by atoms with Gasteiger partial charge in [0.1, 0.15) is 10.6 Å². The summed E-state index contributed by atoms with van der Waals surface area (Å²) in [6, 6.07) is 21.1. The summed E-state index contributed by atoms with van der Waals surface area (Å²) >= 11 is 3.39. The van der Waals surface area contributed by atoms with Gasteiger partial charge in [0.05, 0.1) is 11.6 Å². The molecule has 3 rings (SSSR count). The van der Waals surface area contributed by atoms with Gasteiger partial charge in [-0.25, -0.2) is 0 Å². The summed E-state index contributed by atoms with van der Waals surface area (Å²) < 4.78 is 31.5. The summed E-state index contributed by atoms with van der Waals surface area (Å²) in [6.07, 6.45) is 1.62. The number of allylic oxidation sites excluding steroid dienone is 1. The maximum Gasteiger partial charge on any atom is 0.339 e. The number of halogens is 1. The highest BCUT2D eigenvalue weighted by Gasteiger charge is 2.18. The predicted octanol–water partition coefficient (Wildman–Crippen LogP) is 5.90. The third-order valence-electron chi connectivity index (χ3n) is 4.26. The summed E-state index contributed by atoms with van der Waals surface area (Å²) in [5, 5.41) is 9.62. The van der Waals surface area contributed by atoms with Crippen LogP contribution in [0.3, 0.4) is 0 Å². The molecule has 3 aromatic carbocycles. The highest BCUT2D eigenvalue weighted by Crippen LogP contribution is 2.30. The Labute approximate surface area is 179 Å². The highest BCUT2D eigenvalue weighted by molar-refractivity contribution is 9.10. The molecule has 0 saturated carbocycles. The van der Waals surface area contributed by atoms with Crippen LogP contribution in [0.5, 0.6) is 5.75 Å². The second kappa shape index (κ2) is 8.64. The Bertz CT molecular complexity index is 1210. The molecular weight excluding hydrogens is 450 g/mol. The topological polar surface area (TPSA) is 67.2 Å². The van der Waals surface area contributed by atoms with E-state index in [-0.39, 0.29) is 10.6 Å². The standard InChI is InChI=1S/C23H18BrNO3S/c1-16-3-7-18(8-4-16)20(15-25)13-19-14-21(24)9-12-23(19)28-29(26,27)22-10-5-17(2)6-11-22/h3-14H,1-2H3/b20-13+. The fourth-order valence-electron chi connectivity index (χ4n) is 2.65. The van der Waals surface area contributed by atoms with Crippen LogP contribution in [0.4, 0.5) is 0 Å². The van der Waals surface area contributed by atoms with Crippen LogP contribution in [-0.4, -0.2) is 8.42 Å². The maximum absolute atomic E-state index is 12.7. The van der Waals surface area contributed by atoms with E-state index in [1.807, 2.05) is 38.1 Å². The molecule has 0 aliphatic carbocycles. The predicted molar refractivity (Wildman–Crippen MR) is 118 cm³/mol. The third-order valence-corrected chi connectivity index (χ3v) is 6.01. The largest absolute Gasteiger partial charge is 0.378 e. The van der Waals surface area contributed by atoms with Gasteiger partial charge in [-0.2, -0.15) is 13.7 Å². The SMILES string of the molecule is Cc1ccc(/C(C#N)=C/c2cc(Br)ccc2OS(=O)(=O)c2ccc(C)cc2)cc1. The van der Waals surface area contributed by atoms with Crippen molar-refractivity contribution in [3.05, 3.63) is 93.5 Å². The molecule has 0 atom stereocenters. The molecule has 0 spiro atoms. The van der Waals surface area contributed by atoms with Gasteiger partial charge in [0.15, 0.2) is 0 Å². The Balaban J connectivity index is 2.03. The number of nitrogens with zero attached hydrogens (tertiary/aromatic N) is 1. The molecule has 0 aliphatic heterocycles. The number of hydrogen-bond donors (Lipinski definition) is 0. The van der Waals surface area contributed by atoms with E-state index in [4.69, 9.17) is 4.18 Å². The van der Waals surface area contributed by atoms with Gasteiger partial charge in [0.25, 0.3) is 0 Å². The number of benzene rings is 3. The van der Waals surface area contributed by atoms with Crippen LogP contribution in [0.1, 0.15) is 22.3 Å². The molecule has 0 saturated heterocycles. The van der Waals surface area contributed by atoms with Crippen molar-refractivity contribution in [1.82, 2.24) is 0 Å². The van der Waals surface area contributed by atoms with Crippen molar-refractivity contribution in [2.24, 2.45) is 0 Å². The second-order valence-corrected chi connectivity index (χ2v) is 9.03. The molecule has 0 aliphatic rings. The molecule has 146 valence electrons. The summed E-state index contributed by atoms with van der Waals surface area (Å²) in [5.41, 5.74) is 3.66. The molecule has 0 unspecified atom stereocenters. The molecule has 0 bridgehead atoms. The molecule has 0 fully saturated rings. The quantitative estimate of drug-likeness (QED) is 0.266. The molecule has 3 aromatic rings. The van der Waals surface area contributed by atoms with Crippen LogP contribution < -0.4 is 4.18 Å². The van der Waals surface area contributed by atoms with E-state index in [1.54, 1.807) is 36.4 Å².